The average Bonchev–Trinajstić information content (AvgIpc) is 3.22. The lowest BCUT2D eigenvalue weighted by Crippen LogP contribution is -2.23. The molecule has 0 fully saturated rings. The van der Waals surface area contributed by atoms with Crippen molar-refractivity contribution in [3.05, 3.63) is 83.5 Å². The van der Waals surface area contributed by atoms with Gasteiger partial charge < -0.3 is 4.42 Å². The van der Waals surface area contributed by atoms with Crippen molar-refractivity contribution in [1.29, 1.82) is 0 Å². The Hall–Kier alpha value is -3.19. The smallest absolute Gasteiger partial charge is 0.262 e. The zero-order valence-electron chi connectivity index (χ0n) is 15.3. The Morgan fingerprint density at radius 1 is 1.14 bits per heavy atom. The van der Waals surface area contributed by atoms with Crippen LogP contribution in [0.15, 0.2) is 81.6 Å². The van der Waals surface area contributed by atoms with Crippen molar-refractivity contribution in [2.45, 2.75) is 23.9 Å². The van der Waals surface area contributed by atoms with E-state index in [0.717, 1.165) is 5.56 Å². The number of para-hydroxylation sites is 1. The molecule has 2 aromatic heterocycles. The van der Waals surface area contributed by atoms with E-state index in [9.17, 15) is 4.79 Å². The van der Waals surface area contributed by atoms with Crippen molar-refractivity contribution in [1.82, 2.24) is 19.7 Å². The fourth-order valence-corrected chi connectivity index (χ4v) is 3.78. The van der Waals surface area contributed by atoms with Crippen LogP contribution in [0, 0.1) is 0 Å². The third-order valence-electron chi connectivity index (χ3n) is 4.23. The van der Waals surface area contributed by atoms with E-state index >= 15 is 0 Å². The second kappa shape index (κ2) is 7.82. The van der Waals surface area contributed by atoms with E-state index < -0.39 is 0 Å². The second-order valence-corrected chi connectivity index (χ2v) is 7.50. The molecule has 140 valence electrons. The van der Waals surface area contributed by atoms with Crippen molar-refractivity contribution in [2.24, 2.45) is 0 Å². The summed E-state index contributed by atoms with van der Waals surface area (Å²) < 4.78 is 7.46. The maximum absolute atomic E-state index is 12.9. The van der Waals surface area contributed by atoms with Crippen LogP contribution < -0.4 is 5.56 Å². The van der Waals surface area contributed by atoms with Gasteiger partial charge in [0.25, 0.3) is 5.56 Å². The van der Waals surface area contributed by atoms with Gasteiger partial charge >= 0.3 is 0 Å². The summed E-state index contributed by atoms with van der Waals surface area (Å²) >= 11 is 1.41. The molecule has 0 amide bonds. The third kappa shape index (κ3) is 3.48. The fourth-order valence-electron chi connectivity index (χ4n) is 2.83. The minimum Gasteiger partial charge on any atom is -0.419 e. The van der Waals surface area contributed by atoms with Crippen LogP contribution in [0.3, 0.4) is 0 Å². The molecule has 2 heterocycles. The lowest BCUT2D eigenvalue weighted by atomic mass is 10.2. The first-order valence-corrected chi connectivity index (χ1v) is 9.71. The highest BCUT2D eigenvalue weighted by atomic mass is 32.2. The van der Waals surface area contributed by atoms with Crippen molar-refractivity contribution < 1.29 is 4.42 Å². The molecule has 0 aliphatic carbocycles. The number of fused-ring (bicyclic) bond motifs is 1. The van der Waals surface area contributed by atoms with Crippen LogP contribution >= 0.6 is 11.8 Å². The SMILES string of the molecule is C=CCn1c(S[C@@H](C)c2nnc(-c3ccccc3)o2)nc2ccccc2c1=O. The predicted molar refractivity (Wildman–Crippen MR) is 110 cm³/mol. The normalized spacial score (nSPS) is 12.2. The van der Waals surface area contributed by atoms with Gasteiger partial charge in [-0.2, -0.15) is 0 Å². The topological polar surface area (TPSA) is 73.8 Å². The van der Waals surface area contributed by atoms with Crippen LogP contribution in [-0.4, -0.2) is 19.7 Å². The molecule has 0 N–H and O–H groups in total. The van der Waals surface area contributed by atoms with E-state index in [1.165, 1.54) is 11.8 Å². The Balaban J connectivity index is 1.68. The molecule has 0 spiro atoms. The molecule has 0 bridgehead atoms. The van der Waals surface area contributed by atoms with Crippen molar-refractivity contribution in [3.8, 4) is 11.5 Å². The van der Waals surface area contributed by atoms with Gasteiger partial charge in [0.2, 0.25) is 11.8 Å². The number of thioether (sulfide) groups is 1. The Morgan fingerprint density at radius 3 is 2.68 bits per heavy atom. The molecular weight excluding hydrogens is 372 g/mol. The number of aromatic nitrogens is 4. The number of rotatable bonds is 6. The van der Waals surface area contributed by atoms with Gasteiger partial charge in [-0.05, 0) is 31.2 Å². The molecule has 0 aliphatic heterocycles. The summed E-state index contributed by atoms with van der Waals surface area (Å²) in [5.41, 5.74) is 1.44. The quantitative estimate of drug-likeness (QED) is 0.274. The predicted octanol–water partition coefficient (Wildman–Crippen LogP) is 4.49. The maximum atomic E-state index is 12.9. The zero-order chi connectivity index (χ0) is 19.5. The van der Waals surface area contributed by atoms with Gasteiger partial charge in [0.05, 0.1) is 16.2 Å². The van der Waals surface area contributed by atoms with Crippen LogP contribution in [0.25, 0.3) is 22.4 Å². The van der Waals surface area contributed by atoms with E-state index in [1.807, 2.05) is 55.5 Å². The summed E-state index contributed by atoms with van der Waals surface area (Å²) in [4.78, 5) is 17.5. The summed E-state index contributed by atoms with van der Waals surface area (Å²) in [5, 5.41) is 9.33. The summed E-state index contributed by atoms with van der Waals surface area (Å²) in [6, 6.07) is 16.9. The molecule has 1 atom stereocenters. The van der Waals surface area contributed by atoms with Crippen LogP contribution in [0.5, 0.6) is 0 Å². The van der Waals surface area contributed by atoms with Gasteiger partial charge in [-0.3, -0.25) is 9.36 Å². The van der Waals surface area contributed by atoms with Crippen LogP contribution in [-0.2, 0) is 6.54 Å². The number of hydrogen-bond donors (Lipinski definition) is 0. The number of benzene rings is 2. The Labute approximate surface area is 165 Å². The molecule has 0 radical (unpaired) electrons. The van der Waals surface area contributed by atoms with E-state index in [0.29, 0.717) is 34.4 Å². The highest BCUT2D eigenvalue weighted by molar-refractivity contribution is 7.99. The molecular formula is C21H18N4O2S. The van der Waals surface area contributed by atoms with E-state index in [-0.39, 0.29) is 10.8 Å². The molecule has 0 unspecified atom stereocenters. The van der Waals surface area contributed by atoms with E-state index in [4.69, 9.17) is 4.42 Å². The number of allylic oxidation sites excluding steroid dienone is 1. The van der Waals surface area contributed by atoms with Gasteiger partial charge in [-0.1, -0.05) is 48.2 Å². The van der Waals surface area contributed by atoms with Crippen molar-refractivity contribution in [2.75, 3.05) is 0 Å². The highest BCUT2D eigenvalue weighted by Gasteiger charge is 2.20. The number of nitrogens with zero attached hydrogens (tertiary/aromatic N) is 4. The molecule has 0 saturated carbocycles. The lowest BCUT2D eigenvalue weighted by Gasteiger charge is -2.13. The number of hydrogen-bond acceptors (Lipinski definition) is 6. The summed E-state index contributed by atoms with van der Waals surface area (Å²) in [7, 11) is 0. The van der Waals surface area contributed by atoms with Crippen LogP contribution in [0.4, 0.5) is 0 Å². The molecule has 4 aromatic rings. The van der Waals surface area contributed by atoms with Crippen LogP contribution in [0.2, 0.25) is 0 Å². The first-order valence-electron chi connectivity index (χ1n) is 8.83. The highest BCUT2D eigenvalue weighted by Crippen LogP contribution is 2.34. The molecule has 7 heteroatoms. The maximum Gasteiger partial charge on any atom is 0.262 e. The summed E-state index contributed by atoms with van der Waals surface area (Å²) in [6.07, 6.45) is 1.69. The van der Waals surface area contributed by atoms with Gasteiger partial charge in [0.1, 0.15) is 0 Å². The Kier molecular flexibility index (Phi) is 5.08. The lowest BCUT2D eigenvalue weighted by molar-refractivity contribution is 0.508. The molecule has 6 nitrogen and oxygen atoms in total. The monoisotopic (exact) mass is 390 g/mol. The van der Waals surface area contributed by atoms with Gasteiger partial charge in [-0.15, -0.1) is 16.8 Å². The average molecular weight is 390 g/mol. The summed E-state index contributed by atoms with van der Waals surface area (Å²) in [5.74, 6) is 0.953. The first-order chi connectivity index (χ1) is 13.7. The van der Waals surface area contributed by atoms with Crippen LogP contribution in [0.1, 0.15) is 18.1 Å². The molecule has 0 aliphatic rings. The van der Waals surface area contributed by atoms with Gasteiger partial charge in [-0.25, -0.2) is 4.98 Å². The molecule has 28 heavy (non-hydrogen) atoms. The Morgan fingerprint density at radius 2 is 1.89 bits per heavy atom. The minimum absolute atomic E-state index is 0.0873. The molecule has 4 rings (SSSR count). The second-order valence-electron chi connectivity index (χ2n) is 6.19. The summed E-state index contributed by atoms with van der Waals surface area (Å²) in [6.45, 7) is 6.09. The molecule has 0 saturated heterocycles. The van der Waals surface area contributed by atoms with Crippen molar-refractivity contribution >= 4 is 22.7 Å². The van der Waals surface area contributed by atoms with Crippen molar-refractivity contribution in [3.63, 3.8) is 0 Å². The van der Waals surface area contributed by atoms with E-state index in [1.54, 1.807) is 16.7 Å². The Bertz CT molecular complexity index is 1180. The zero-order valence-corrected chi connectivity index (χ0v) is 16.1. The van der Waals surface area contributed by atoms with E-state index in [2.05, 4.69) is 21.8 Å². The standard InChI is InChI=1S/C21H18N4O2S/c1-3-13-25-20(26)16-11-7-8-12-17(16)22-21(25)28-14(2)18-23-24-19(27-18)15-9-5-4-6-10-15/h3-12,14H,1,13H2,2H3/t14-/m0/s1. The fraction of sp³-hybridized carbons (Fsp3) is 0.143. The minimum atomic E-state index is -0.172. The van der Waals surface area contributed by atoms with Gasteiger partial charge in [0.15, 0.2) is 5.16 Å². The first kappa shape index (κ1) is 18.2. The largest absolute Gasteiger partial charge is 0.419 e. The van der Waals surface area contributed by atoms with Gasteiger partial charge in [0, 0.05) is 12.1 Å². The third-order valence-corrected chi connectivity index (χ3v) is 5.31. The molecule has 2 aromatic carbocycles.